The van der Waals surface area contributed by atoms with Crippen molar-refractivity contribution in [3.63, 3.8) is 0 Å². The molecule has 0 radical (unpaired) electrons. The Bertz CT molecular complexity index is 659. The van der Waals surface area contributed by atoms with Crippen LogP contribution in [0.5, 0.6) is 0 Å². The standard InChI is InChI=1S/C42H78O2/c1-4-7-10-11-12-13-14-15-16-17-18-19-20-21-22-23-24-25-26-27-28-29-30-31-32-33-34-36-39-44-42(43)40-41(37-9-6-3)38-35-8-5-2/h12-13,15-16,40H,4-11,14,17-39H2,1-3H3/b13-12?,16-15?,41-40+. The van der Waals surface area contributed by atoms with E-state index in [-0.39, 0.29) is 5.97 Å². The van der Waals surface area contributed by atoms with Crippen LogP contribution in [0.15, 0.2) is 36.0 Å². The highest BCUT2D eigenvalue weighted by Gasteiger charge is 2.04. The monoisotopic (exact) mass is 615 g/mol. The zero-order valence-electron chi connectivity index (χ0n) is 30.3. The second kappa shape index (κ2) is 37.9. The number of hydrogen-bond donors (Lipinski definition) is 0. The molecule has 0 aliphatic heterocycles. The lowest BCUT2D eigenvalue weighted by atomic mass is 10.0. The highest BCUT2D eigenvalue weighted by atomic mass is 16.5. The summed E-state index contributed by atoms with van der Waals surface area (Å²) in [4.78, 5) is 12.2. The molecular weight excluding hydrogens is 536 g/mol. The van der Waals surface area contributed by atoms with Gasteiger partial charge in [0, 0.05) is 6.08 Å². The predicted molar refractivity (Wildman–Crippen MR) is 197 cm³/mol. The molecule has 0 heterocycles. The first kappa shape index (κ1) is 42.7. The summed E-state index contributed by atoms with van der Waals surface area (Å²) in [5.74, 6) is -0.117. The lowest BCUT2D eigenvalue weighted by Crippen LogP contribution is -2.04. The minimum atomic E-state index is -0.117. The molecule has 0 atom stereocenters. The Morgan fingerprint density at radius 3 is 1.30 bits per heavy atom. The summed E-state index contributed by atoms with van der Waals surface area (Å²) < 4.78 is 5.50. The first-order chi connectivity index (χ1) is 21.7. The molecule has 0 unspecified atom stereocenters. The van der Waals surface area contributed by atoms with Crippen molar-refractivity contribution in [2.45, 2.75) is 220 Å². The number of rotatable bonds is 35. The van der Waals surface area contributed by atoms with E-state index in [2.05, 4.69) is 45.1 Å². The number of carbonyl (C=O) groups excluding carboxylic acids is 1. The summed E-state index contributed by atoms with van der Waals surface area (Å²) in [6.07, 6.45) is 51.7. The Morgan fingerprint density at radius 1 is 0.432 bits per heavy atom. The van der Waals surface area contributed by atoms with E-state index in [1.54, 1.807) is 6.08 Å². The number of hydrogen-bond acceptors (Lipinski definition) is 2. The van der Waals surface area contributed by atoms with Crippen molar-refractivity contribution in [2.75, 3.05) is 6.61 Å². The molecule has 0 N–H and O–H groups in total. The number of allylic oxidation sites excluding steroid dienone is 5. The van der Waals surface area contributed by atoms with Crippen molar-refractivity contribution >= 4 is 5.97 Å². The van der Waals surface area contributed by atoms with E-state index in [4.69, 9.17) is 4.74 Å². The van der Waals surface area contributed by atoms with E-state index in [1.165, 1.54) is 179 Å². The molecule has 0 fully saturated rings. The van der Waals surface area contributed by atoms with Crippen LogP contribution in [-0.4, -0.2) is 12.6 Å². The molecule has 0 aromatic rings. The van der Waals surface area contributed by atoms with Crippen LogP contribution in [0, 0.1) is 0 Å². The summed E-state index contributed by atoms with van der Waals surface area (Å²) >= 11 is 0. The van der Waals surface area contributed by atoms with Gasteiger partial charge < -0.3 is 4.74 Å². The summed E-state index contributed by atoms with van der Waals surface area (Å²) in [6, 6.07) is 0. The number of unbranched alkanes of at least 4 members (excludes halogenated alkanes) is 24. The predicted octanol–water partition coefficient (Wildman–Crippen LogP) is 14.7. The minimum Gasteiger partial charge on any atom is -0.463 e. The molecule has 0 aliphatic rings. The number of esters is 1. The quantitative estimate of drug-likeness (QED) is 0.0307. The maximum Gasteiger partial charge on any atom is 0.330 e. The molecule has 0 amide bonds. The van der Waals surface area contributed by atoms with E-state index < -0.39 is 0 Å². The van der Waals surface area contributed by atoms with Gasteiger partial charge in [0.05, 0.1) is 6.61 Å². The fourth-order valence-electron chi connectivity index (χ4n) is 5.87. The Balaban J connectivity index is 3.36. The van der Waals surface area contributed by atoms with Crippen LogP contribution >= 0.6 is 0 Å². The lowest BCUT2D eigenvalue weighted by Gasteiger charge is -2.07. The molecule has 2 heteroatoms. The lowest BCUT2D eigenvalue weighted by molar-refractivity contribution is -0.137. The zero-order chi connectivity index (χ0) is 32.0. The van der Waals surface area contributed by atoms with Gasteiger partial charge in [0.2, 0.25) is 0 Å². The average molecular weight is 615 g/mol. The Hall–Kier alpha value is -1.31. The molecular formula is C42H78O2. The van der Waals surface area contributed by atoms with Crippen LogP contribution in [0.3, 0.4) is 0 Å². The molecule has 0 saturated carbocycles. The molecule has 0 spiro atoms. The van der Waals surface area contributed by atoms with E-state index in [1.807, 2.05) is 0 Å². The van der Waals surface area contributed by atoms with Crippen LogP contribution in [-0.2, 0) is 9.53 Å². The van der Waals surface area contributed by atoms with Gasteiger partial charge in [0.15, 0.2) is 0 Å². The van der Waals surface area contributed by atoms with E-state index >= 15 is 0 Å². The highest BCUT2D eigenvalue weighted by Crippen LogP contribution is 2.17. The third-order valence-electron chi connectivity index (χ3n) is 8.86. The van der Waals surface area contributed by atoms with Crippen molar-refractivity contribution < 1.29 is 9.53 Å². The SMILES string of the molecule is CCCCCC=CCC=CCCCCCCCCCCCCCCCCCCCCOC(=O)/C=C(\CCCC)CCCCC. The molecule has 0 aliphatic carbocycles. The van der Waals surface area contributed by atoms with Gasteiger partial charge in [-0.1, -0.05) is 185 Å². The second-order valence-corrected chi connectivity index (χ2v) is 13.4. The summed E-state index contributed by atoms with van der Waals surface area (Å²) in [5, 5.41) is 0. The van der Waals surface area contributed by atoms with Crippen LogP contribution < -0.4 is 0 Å². The van der Waals surface area contributed by atoms with Gasteiger partial charge in [-0.3, -0.25) is 0 Å². The third kappa shape index (κ3) is 35.2. The number of ether oxygens (including phenoxy) is 1. The topological polar surface area (TPSA) is 26.3 Å². The van der Waals surface area contributed by atoms with Crippen LogP contribution in [0.2, 0.25) is 0 Å². The van der Waals surface area contributed by atoms with Crippen molar-refractivity contribution in [3.8, 4) is 0 Å². The van der Waals surface area contributed by atoms with Gasteiger partial charge in [-0.2, -0.15) is 0 Å². The normalized spacial score (nSPS) is 12.2. The molecule has 0 rings (SSSR count). The first-order valence-electron chi connectivity index (χ1n) is 19.9. The maximum atomic E-state index is 12.2. The molecule has 258 valence electrons. The Morgan fingerprint density at radius 2 is 0.818 bits per heavy atom. The van der Waals surface area contributed by atoms with E-state index in [0.717, 1.165) is 25.7 Å². The van der Waals surface area contributed by atoms with Crippen molar-refractivity contribution in [2.24, 2.45) is 0 Å². The summed E-state index contributed by atoms with van der Waals surface area (Å²) in [6.45, 7) is 7.29. The van der Waals surface area contributed by atoms with Crippen LogP contribution in [0.1, 0.15) is 220 Å². The maximum absolute atomic E-state index is 12.2. The smallest absolute Gasteiger partial charge is 0.330 e. The minimum absolute atomic E-state index is 0.117. The van der Waals surface area contributed by atoms with E-state index in [0.29, 0.717) is 6.61 Å². The van der Waals surface area contributed by atoms with Crippen molar-refractivity contribution in [3.05, 3.63) is 36.0 Å². The fraction of sp³-hybridized carbons (Fsp3) is 0.833. The second-order valence-electron chi connectivity index (χ2n) is 13.4. The molecule has 44 heavy (non-hydrogen) atoms. The van der Waals surface area contributed by atoms with Gasteiger partial charge in [0.1, 0.15) is 0 Å². The largest absolute Gasteiger partial charge is 0.463 e. The van der Waals surface area contributed by atoms with Gasteiger partial charge in [-0.25, -0.2) is 4.79 Å². The van der Waals surface area contributed by atoms with Crippen molar-refractivity contribution in [1.82, 2.24) is 0 Å². The average Bonchev–Trinajstić information content (AvgIpc) is 3.02. The molecule has 0 saturated heterocycles. The Labute approximate surface area is 277 Å². The van der Waals surface area contributed by atoms with Crippen LogP contribution in [0.25, 0.3) is 0 Å². The Kier molecular flexibility index (Phi) is 36.7. The van der Waals surface area contributed by atoms with Crippen molar-refractivity contribution in [1.29, 1.82) is 0 Å². The summed E-state index contributed by atoms with van der Waals surface area (Å²) in [5.41, 5.74) is 1.29. The zero-order valence-corrected chi connectivity index (χ0v) is 30.3. The van der Waals surface area contributed by atoms with E-state index in [9.17, 15) is 4.79 Å². The third-order valence-corrected chi connectivity index (χ3v) is 8.86. The summed E-state index contributed by atoms with van der Waals surface area (Å²) in [7, 11) is 0. The van der Waals surface area contributed by atoms with Crippen LogP contribution in [0.4, 0.5) is 0 Å². The first-order valence-corrected chi connectivity index (χ1v) is 19.9. The van der Waals surface area contributed by atoms with Gasteiger partial charge in [-0.15, -0.1) is 0 Å². The fourth-order valence-corrected chi connectivity index (χ4v) is 5.87. The molecule has 0 aromatic carbocycles. The van der Waals surface area contributed by atoms with Gasteiger partial charge >= 0.3 is 5.97 Å². The molecule has 2 nitrogen and oxygen atoms in total. The number of carbonyl (C=O) groups is 1. The van der Waals surface area contributed by atoms with Gasteiger partial charge in [-0.05, 0) is 64.2 Å². The van der Waals surface area contributed by atoms with Gasteiger partial charge in [0.25, 0.3) is 0 Å². The molecule has 0 aromatic heterocycles. The molecule has 0 bridgehead atoms. The highest BCUT2D eigenvalue weighted by molar-refractivity contribution is 5.82.